The second-order valence-electron chi connectivity index (χ2n) is 5.15. The van der Waals surface area contributed by atoms with Gasteiger partial charge < -0.3 is 0 Å². The van der Waals surface area contributed by atoms with Crippen molar-refractivity contribution in [3.05, 3.63) is 77.4 Å². The quantitative estimate of drug-likeness (QED) is 0.844. The van der Waals surface area contributed by atoms with Crippen LogP contribution >= 0.6 is 0 Å². The molecule has 0 saturated heterocycles. The molecule has 0 aromatic heterocycles. The van der Waals surface area contributed by atoms with Crippen LogP contribution in [0.3, 0.4) is 0 Å². The van der Waals surface area contributed by atoms with E-state index >= 15 is 0 Å². The Morgan fingerprint density at radius 3 is 2.62 bits per heavy atom. The molecule has 0 bridgehead atoms. The zero-order valence-electron chi connectivity index (χ0n) is 11.8. The highest BCUT2D eigenvalue weighted by molar-refractivity contribution is 5.80. The van der Waals surface area contributed by atoms with Crippen LogP contribution in [0.5, 0.6) is 0 Å². The summed E-state index contributed by atoms with van der Waals surface area (Å²) in [7, 11) is 0. The van der Waals surface area contributed by atoms with Gasteiger partial charge in [0, 0.05) is 5.56 Å². The number of benzene rings is 2. The molecule has 2 N–H and O–H groups in total. The van der Waals surface area contributed by atoms with Crippen LogP contribution in [-0.4, -0.2) is 5.91 Å². The van der Waals surface area contributed by atoms with Crippen LogP contribution < -0.4 is 10.9 Å². The number of allylic oxidation sites excluding steroid dienone is 1. The Morgan fingerprint density at radius 2 is 1.76 bits per heavy atom. The van der Waals surface area contributed by atoms with E-state index in [0.717, 1.165) is 24.1 Å². The second kappa shape index (κ2) is 6.27. The van der Waals surface area contributed by atoms with Gasteiger partial charge in [-0.2, -0.15) is 0 Å². The third-order valence-electron chi connectivity index (χ3n) is 3.61. The monoisotopic (exact) mass is 278 g/mol. The summed E-state index contributed by atoms with van der Waals surface area (Å²) in [5.41, 5.74) is 10.3. The zero-order chi connectivity index (χ0) is 14.5. The average Bonchev–Trinajstić information content (AvgIpc) is 2.54. The molecular formula is C18H18N2O. The maximum Gasteiger partial charge on any atom is 0.242 e. The van der Waals surface area contributed by atoms with Gasteiger partial charge in [-0.15, -0.1) is 0 Å². The number of hydrogen-bond donors (Lipinski definition) is 2. The van der Waals surface area contributed by atoms with E-state index < -0.39 is 0 Å². The van der Waals surface area contributed by atoms with Gasteiger partial charge in [0.25, 0.3) is 0 Å². The number of rotatable bonds is 4. The van der Waals surface area contributed by atoms with Gasteiger partial charge in [-0.25, -0.2) is 0 Å². The Balaban J connectivity index is 1.60. The number of carbonyl (C=O) groups is 1. The fraction of sp³-hybridized carbons (Fsp3) is 0.167. The molecule has 1 aliphatic carbocycles. The molecule has 2 aromatic rings. The largest absolute Gasteiger partial charge is 0.298 e. The molecule has 21 heavy (non-hydrogen) atoms. The van der Waals surface area contributed by atoms with Crippen LogP contribution in [0, 0.1) is 0 Å². The van der Waals surface area contributed by atoms with E-state index in [2.05, 4.69) is 35.1 Å². The molecule has 0 unspecified atom stereocenters. The fourth-order valence-electron chi connectivity index (χ4n) is 2.56. The second-order valence-corrected chi connectivity index (χ2v) is 5.15. The number of fused-ring (bicyclic) bond motifs is 1. The molecule has 3 heteroatoms. The lowest BCUT2D eigenvalue weighted by molar-refractivity contribution is -0.121. The molecule has 106 valence electrons. The Morgan fingerprint density at radius 1 is 1.00 bits per heavy atom. The van der Waals surface area contributed by atoms with Crippen molar-refractivity contribution in [2.24, 2.45) is 0 Å². The van der Waals surface area contributed by atoms with E-state index in [-0.39, 0.29) is 5.91 Å². The molecule has 0 spiro atoms. The molecule has 0 aliphatic heterocycles. The van der Waals surface area contributed by atoms with Crippen LogP contribution in [0.15, 0.2) is 60.7 Å². The van der Waals surface area contributed by atoms with Crippen LogP contribution in [0.25, 0.3) is 5.70 Å². The van der Waals surface area contributed by atoms with Gasteiger partial charge in [-0.05, 0) is 24.0 Å². The van der Waals surface area contributed by atoms with E-state index in [9.17, 15) is 4.79 Å². The predicted molar refractivity (Wildman–Crippen MR) is 84.2 cm³/mol. The van der Waals surface area contributed by atoms with Crippen molar-refractivity contribution < 1.29 is 4.79 Å². The Hall–Kier alpha value is -2.55. The minimum atomic E-state index is -0.0369. The van der Waals surface area contributed by atoms with Crippen LogP contribution in [0.2, 0.25) is 0 Å². The first-order valence-corrected chi connectivity index (χ1v) is 7.20. The highest BCUT2D eigenvalue weighted by Gasteiger charge is 2.12. The van der Waals surface area contributed by atoms with E-state index in [1.54, 1.807) is 0 Å². The Bertz CT molecular complexity index is 662. The molecule has 3 rings (SSSR count). The molecule has 0 saturated carbocycles. The number of aryl methyl sites for hydroxylation is 1. The van der Waals surface area contributed by atoms with Gasteiger partial charge in [0.05, 0.1) is 12.1 Å². The Labute approximate surface area is 124 Å². The summed E-state index contributed by atoms with van der Waals surface area (Å²) in [5, 5.41) is 0. The van der Waals surface area contributed by atoms with Gasteiger partial charge >= 0.3 is 0 Å². The highest BCUT2D eigenvalue weighted by atomic mass is 16.2. The van der Waals surface area contributed by atoms with Crippen molar-refractivity contribution in [1.29, 1.82) is 0 Å². The Kier molecular flexibility index (Phi) is 4.01. The first-order chi connectivity index (χ1) is 10.3. The summed E-state index contributed by atoms with van der Waals surface area (Å²) in [6.45, 7) is 0. The smallest absolute Gasteiger partial charge is 0.242 e. The normalized spacial score (nSPS) is 13.0. The molecule has 1 aliphatic rings. The summed E-state index contributed by atoms with van der Waals surface area (Å²) in [6, 6.07) is 18.0. The van der Waals surface area contributed by atoms with E-state index in [1.807, 2.05) is 36.4 Å². The molecular weight excluding hydrogens is 260 g/mol. The SMILES string of the molecule is O=C(Cc1ccccc1)NNC1=CCCc2ccccc21. The lowest BCUT2D eigenvalue weighted by Crippen LogP contribution is -2.37. The number of carbonyl (C=O) groups excluding carboxylic acids is 1. The standard InChI is InChI=1S/C18H18N2O/c21-18(13-14-7-2-1-3-8-14)20-19-17-12-6-10-15-9-4-5-11-16(15)17/h1-5,7-9,11-12,19H,6,10,13H2,(H,20,21). The van der Waals surface area contributed by atoms with E-state index in [0.29, 0.717) is 6.42 Å². The van der Waals surface area contributed by atoms with Crippen LogP contribution in [-0.2, 0) is 17.6 Å². The predicted octanol–water partition coefficient (Wildman–Crippen LogP) is 2.84. The average molecular weight is 278 g/mol. The summed E-state index contributed by atoms with van der Waals surface area (Å²) in [4.78, 5) is 12.0. The molecule has 0 heterocycles. The van der Waals surface area contributed by atoms with Gasteiger partial charge in [0.15, 0.2) is 0 Å². The van der Waals surface area contributed by atoms with E-state index in [1.165, 1.54) is 11.1 Å². The first-order valence-electron chi connectivity index (χ1n) is 7.20. The molecule has 0 atom stereocenters. The molecule has 3 nitrogen and oxygen atoms in total. The van der Waals surface area contributed by atoms with Crippen molar-refractivity contribution in [1.82, 2.24) is 10.9 Å². The number of hydrazine groups is 1. The molecule has 0 radical (unpaired) electrons. The third kappa shape index (κ3) is 3.31. The topological polar surface area (TPSA) is 41.1 Å². The van der Waals surface area contributed by atoms with Gasteiger partial charge in [0.1, 0.15) is 0 Å². The minimum Gasteiger partial charge on any atom is -0.298 e. The van der Waals surface area contributed by atoms with Crippen molar-refractivity contribution in [2.45, 2.75) is 19.3 Å². The summed E-state index contributed by atoms with van der Waals surface area (Å²) in [6.07, 6.45) is 4.56. The van der Waals surface area contributed by atoms with E-state index in [4.69, 9.17) is 0 Å². The van der Waals surface area contributed by atoms with Crippen molar-refractivity contribution in [3.8, 4) is 0 Å². The van der Waals surface area contributed by atoms with Crippen molar-refractivity contribution >= 4 is 11.6 Å². The maximum absolute atomic E-state index is 12.0. The lowest BCUT2D eigenvalue weighted by atomic mass is 9.95. The van der Waals surface area contributed by atoms with Crippen LogP contribution in [0.1, 0.15) is 23.1 Å². The maximum atomic E-state index is 12.0. The third-order valence-corrected chi connectivity index (χ3v) is 3.61. The van der Waals surface area contributed by atoms with Gasteiger partial charge in [-0.3, -0.25) is 15.6 Å². The van der Waals surface area contributed by atoms with Gasteiger partial charge in [0.2, 0.25) is 5.91 Å². The lowest BCUT2D eigenvalue weighted by Gasteiger charge is -2.19. The molecule has 0 fully saturated rings. The fourth-order valence-corrected chi connectivity index (χ4v) is 2.56. The summed E-state index contributed by atoms with van der Waals surface area (Å²) in [5.74, 6) is -0.0369. The minimum absolute atomic E-state index is 0.0369. The first kappa shape index (κ1) is 13.4. The molecule has 1 amide bonds. The number of hydrogen-bond acceptors (Lipinski definition) is 2. The van der Waals surface area contributed by atoms with Gasteiger partial charge in [-0.1, -0.05) is 60.7 Å². The highest BCUT2D eigenvalue weighted by Crippen LogP contribution is 2.23. The number of nitrogens with one attached hydrogen (secondary N) is 2. The summed E-state index contributed by atoms with van der Waals surface area (Å²) >= 11 is 0. The summed E-state index contributed by atoms with van der Waals surface area (Å²) < 4.78 is 0. The number of amides is 1. The van der Waals surface area contributed by atoms with Crippen molar-refractivity contribution in [3.63, 3.8) is 0 Å². The zero-order valence-corrected chi connectivity index (χ0v) is 11.8. The van der Waals surface area contributed by atoms with Crippen LogP contribution in [0.4, 0.5) is 0 Å². The molecule has 2 aromatic carbocycles. The van der Waals surface area contributed by atoms with Crippen molar-refractivity contribution in [2.75, 3.05) is 0 Å².